The van der Waals surface area contributed by atoms with Crippen LogP contribution in [0.15, 0.2) is 51.8 Å². The van der Waals surface area contributed by atoms with Crippen LogP contribution in [0.25, 0.3) is 0 Å². The summed E-state index contributed by atoms with van der Waals surface area (Å²) in [5.41, 5.74) is 3.72. The van der Waals surface area contributed by atoms with Gasteiger partial charge >= 0.3 is 0 Å². The van der Waals surface area contributed by atoms with E-state index in [0.29, 0.717) is 11.4 Å². The predicted octanol–water partition coefficient (Wildman–Crippen LogP) is 3.97. The highest BCUT2D eigenvalue weighted by atomic mass is 79.9. The van der Waals surface area contributed by atoms with E-state index in [9.17, 15) is 8.42 Å². The smallest absolute Gasteiger partial charge is 0.179 e. The van der Waals surface area contributed by atoms with Crippen LogP contribution < -0.4 is 0 Å². The van der Waals surface area contributed by atoms with Gasteiger partial charge in [0, 0.05) is 17.6 Å². The van der Waals surface area contributed by atoms with Crippen molar-refractivity contribution in [3.63, 3.8) is 0 Å². The average molecular weight is 396 g/mol. The van der Waals surface area contributed by atoms with Crippen molar-refractivity contribution in [2.24, 2.45) is 0 Å². The van der Waals surface area contributed by atoms with E-state index in [1.54, 1.807) is 24.3 Å². The number of halogens is 1. The van der Waals surface area contributed by atoms with Gasteiger partial charge < -0.3 is 4.90 Å². The first-order valence-electron chi connectivity index (χ1n) is 7.51. The topological polar surface area (TPSA) is 37.4 Å². The summed E-state index contributed by atoms with van der Waals surface area (Å²) in [7, 11) is -1.29. The number of nitrogens with zero attached hydrogens (tertiary/aromatic N) is 1. The maximum absolute atomic E-state index is 12.4. The van der Waals surface area contributed by atoms with Crippen LogP contribution in [0.2, 0.25) is 0 Å². The fourth-order valence-corrected chi connectivity index (χ4v) is 4.03. The molecule has 23 heavy (non-hydrogen) atoms. The number of benzene rings is 2. The third kappa shape index (κ3) is 5.16. The Morgan fingerprint density at radius 2 is 1.70 bits per heavy atom. The minimum Gasteiger partial charge on any atom is -0.301 e. The zero-order valence-corrected chi connectivity index (χ0v) is 16.1. The van der Waals surface area contributed by atoms with Crippen LogP contribution in [0.5, 0.6) is 0 Å². The first-order chi connectivity index (χ1) is 10.8. The SMILES string of the molecule is Cc1ccc(CN(C)CCS(=O)(=O)c2ccc(Br)cc2)c(C)c1. The van der Waals surface area contributed by atoms with Crippen LogP contribution in [0.4, 0.5) is 0 Å². The average Bonchev–Trinajstić information content (AvgIpc) is 2.49. The molecule has 0 aromatic heterocycles. The van der Waals surface area contributed by atoms with Gasteiger partial charge in [0.25, 0.3) is 0 Å². The van der Waals surface area contributed by atoms with E-state index in [2.05, 4.69) is 48.0 Å². The molecule has 0 amide bonds. The van der Waals surface area contributed by atoms with E-state index in [1.807, 2.05) is 11.9 Å². The van der Waals surface area contributed by atoms with Gasteiger partial charge in [-0.25, -0.2) is 8.42 Å². The molecule has 2 aromatic carbocycles. The van der Waals surface area contributed by atoms with Crippen molar-refractivity contribution in [3.8, 4) is 0 Å². The van der Waals surface area contributed by atoms with Crippen LogP contribution in [-0.2, 0) is 16.4 Å². The summed E-state index contributed by atoms with van der Waals surface area (Å²) in [6, 6.07) is 13.2. The lowest BCUT2D eigenvalue weighted by Crippen LogP contribution is -2.25. The number of hydrogen-bond donors (Lipinski definition) is 0. The third-order valence-corrected chi connectivity index (χ3v) is 6.09. The molecule has 5 heteroatoms. The van der Waals surface area contributed by atoms with E-state index < -0.39 is 9.84 Å². The Bertz CT molecular complexity index is 770. The predicted molar refractivity (Wildman–Crippen MR) is 98.4 cm³/mol. The highest BCUT2D eigenvalue weighted by molar-refractivity contribution is 9.10. The fraction of sp³-hybridized carbons (Fsp3) is 0.333. The molecule has 0 radical (unpaired) electrons. The lowest BCUT2D eigenvalue weighted by Gasteiger charge is -2.18. The van der Waals surface area contributed by atoms with Crippen molar-refractivity contribution in [3.05, 3.63) is 63.6 Å². The van der Waals surface area contributed by atoms with Crippen molar-refractivity contribution in [1.82, 2.24) is 4.90 Å². The summed E-state index contributed by atoms with van der Waals surface area (Å²) >= 11 is 3.32. The van der Waals surface area contributed by atoms with E-state index >= 15 is 0 Å². The maximum Gasteiger partial charge on any atom is 0.179 e. The largest absolute Gasteiger partial charge is 0.301 e. The van der Waals surface area contributed by atoms with Crippen LogP contribution in [0.1, 0.15) is 16.7 Å². The van der Waals surface area contributed by atoms with Gasteiger partial charge in [-0.15, -0.1) is 0 Å². The normalized spacial score (nSPS) is 11.9. The molecule has 0 saturated heterocycles. The number of rotatable bonds is 6. The Balaban J connectivity index is 1.98. The Hall–Kier alpha value is -1.17. The maximum atomic E-state index is 12.4. The number of aryl methyl sites for hydroxylation is 2. The van der Waals surface area contributed by atoms with Crippen LogP contribution in [0, 0.1) is 13.8 Å². The molecule has 0 fully saturated rings. The van der Waals surface area contributed by atoms with Crippen LogP contribution in [0.3, 0.4) is 0 Å². The molecular weight excluding hydrogens is 374 g/mol. The van der Waals surface area contributed by atoms with Crippen molar-refractivity contribution in [2.75, 3.05) is 19.3 Å². The first kappa shape index (κ1) is 18.2. The monoisotopic (exact) mass is 395 g/mol. The van der Waals surface area contributed by atoms with Gasteiger partial charge in [0.2, 0.25) is 0 Å². The van der Waals surface area contributed by atoms with E-state index in [4.69, 9.17) is 0 Å². The lowest BCUT2D eigenvalue weighted by molar-refractivity contribution is 0.345. The van der Waals surface area contributed by atoms with E-state index in [0.717, 1.165) is 11.0 Å². The molecule has 0 spiro atoms. The van der Waals surface area contributed by atoms with E-state index in [-0.39, 0.29) is 5.75 Å². The van der Waals surface area contributed by atoms with Gasteiger partial charge in [0.05, 0.1) is 10.6 Å². The highest BCUT2D eigenvalue weighted by Gasteiger charge is 2.15. The molecule has 0 bridgehead atoms. The van der Waals surface area contributed by atoms with Crippen molar-refractivity contribution >= 4 is 25.8 Å². The lowest BCUT2D eigenvalue weighted by atomic mass is 10.1. The van der Waals surface area contributed by atoms with Crippen molar-refractivity contribution in [1.29, 1.82) is 0 Å². The minimum atomic E-state index is -3.24. The molecule has 0 unspecified atom stereocenters. The van der Waals surface area contributed by atoms with Crippen LogP contribution >= 0.6 is 15.9 Å². The van der Waals surface area contributed by atoms with Gasteiger partial charge in [0.1, 0.15) is 0 Å². The van der Waals surface area contributed by atoms with Crippen molar-refractivity contribution in [2.45, 2.75) is 25.3 Å². The second-order valence-electron chi connectivity index (χ2n) is 5.94. The van der Waals surface area contributed by atoms with Gasteiger partial charge in [0.15, 0.2) is 9.84 Å². The minimum absolute atomic E-state index is 0.121. The summed E-state index contributed by atoms with van der Waals surface area (Å²) < 4.78 is 25.6. The molecule has 0 N–H and O–H groups in total. The molecule has 0 atom stereocenters. The second kappa shape index (κ2) is 7.60. The molecule has 0 heterocycles. The molecule has 2 rings (SSSR count). The first-order valence-corrected chi connectivity index (χ1v) is 9.95. The molecule has 0 aliphatic rings. The summed E-state index contributed by atoms with van der Waals surface area (Å²) in [6.07, 6.45) is 0. The molecule has 124 valence electrons. The van der Waals surface area contributed by atoms with E-state index in [1.165, 1.54) is 16.7 Å². The van der Waals surface area contributed by atoms with Gasteiger partial charge in [-0.05, 0) is 56.3 Å². The van der Waals surface area contributed by atoms with Gasteiger partial charge in [-0.1, -0.05) is 39.7 Å². The Morgan fingerprint density at radius 3 is 2.30 bits per heavy atom. The van der Waals surface area contributed by atoms with Gasteiger partial charge in [-0.2, -0.15) is 0 Å². The standard InChI is InChI=1S/C18H22BrNO2S/c1-14-4-5-16(15(2)12-14)13-20(3)10-11-23(21,22)18-8-6-17(19)7-9-18/h4-9,12H,10-11,13H2,1-3H3. The molecule has 0 aliphatic heterocycles. The zero-order valence-electron chi connectivity index (χ0n) is 13.7. The molecule has 3 nitrogen and oxygen atoms in total. The Morgan fingerprint density at radius 1 is 1.04 bits per heavy atom. The quantitative estimate of drug-likeness (QED) is 0.742. The summed E-state index contributed by atoms with van der Waals surface area (Å²) in [5, 5.41) is 0. The highest BCUT2D eigenvalue weighted by Crippen LogP contribution is 2.17. The van der Waals surface area contributed by atoms with Crippen molar-refractivity contribution < 1.29 is 8.42 Å². The zero-order chi connectivity index (χ0) is 17.0. The van der Waals surface area contributed by atoms with Crippen LogP contribution in [-0.4, -0.2) is 32.7 Å². The molecule has 2 aromatic rings. The molecule has 0 saturated carbocycles. The summed E-state index contributed by atoms with van der Waals surface area (Å²) in [4.78, 5) is 2.43. The second-order valence-corrected chi connectivity index (χ2v) is 8.97. The summed E-state index contributed by atoms with van der Waals surface area (Å²) in [5.74, 6) is 0.121. The molecular formula is C18H22BrNO2S. The Kier molecular flexibility index (Phi) is 6.00. The number of sulfone groups is 1. The van der Waals surface area contributed by atoms with Gasteiger partial charge in [-0.3, -0.25) is 0 Å². The third-order valence-electron chi connectivity index (χ3n) is 3.85. The summed E-state index contributed by atoms with van der Waals surface area (Å²) in [6.45, 7) is 5.42. The molecule has 0 aliphatic carbocycles. The Labute approximate surface area is 147 Å². The fourth-order valence-electron chi connectivity index (χ4n) is 2.43. The number of hydrogen-bond acceptors (Lipinski definition) is 3.